The van der Waals surface area contributed by atoms with Crippen molar-refractivity contribution in [3.63, 3.8) is 0 Å². The summed E-state index contributed by atoms with van der Waals surface area (Å²) in [5, 5.41) is 12.1. The highest BCUT2D eigenvalue weighted by molar-refractivity contribution is 7.99. The molecule has 170 valence electrons. The zero-order chi connectivity index (χ0) is 22.3. The van der Waals surface area contributed by atoms with E-state index in [-0.39, 0.29) is 23.5 Å². The van der Waals surface area contributed by atoms with Gasteiger partial charge in [0.25, 0.3) is 0 Å². The standard InChI is InChI=1S/C22H26FN5O3S/c1-2-28-21(19-4-3-11-31-19)25-26-22(28)32-15-20(29)24-14-18(27-9-12-30-13-10-27)16-5-7-17(23)8-6-16/h3-8,11,18H,2,9-10,12-15H2,1H3,(H,24,29). The van der Waals surface area contributed by atoms with Crippen molar-refractivity contribution in [1.29, 1.82) is 0 Å². The van der Waals surface area contributed by atoms with Crippen molar-refractivity contribution < 1.29 is 18.3 Å². The van der Waals surface area contributed by atoms with Gasteiger partial charge in [0.1, 0.15) is 5.82 Å². The molecule has 0 bridgehead atoms. The Bertz CT molecular complexity index is 1000. The maximum absolute atomic E-state index is 13.4. The highest BCUT2D eigenvalue weighted by Gasteiger charge is 2.23. The summed E-state index contributed by atoms with van der Waals surface area (Å²) in [6.45, 7) is 5.91. The van der Waals surface area contributed by atoms with Gasteiger partial charge in [-0.15, -0.1) is 10.2 Å². The molecular weight excluding hydrogens is 433 g/mol. The van der Waals surface area contributed by atoms with Crippen LogP contribution in [0.15, 0.2) is 52.2 Å². The number of rotatable bonds is 9. The fourth-order valence-corrected chi connectivity index (χ4v) is 4.52. The molecule has 1 aromatic carbocycles. The summed E-state index contributed by atoms with van der Waals surface area (Å²) < 4.78 is 26.2. The van der Waals surface area contributed by atoms with Gasteiger partial charge in [-0.2, -0.15) is 0 Å². The number of amides is 1. The highest BCUT2D eigenvalue weighted by Crippen LogP contribution is 2.25. The van der Waals surface area contributed by atoms with Gasteiger partial charge in [-0.3, -0.25) is 14.3 Å². The Hall–Kier alpha value is -2.69. The Morgan fingerprint density at radius 3 is 2.69 bits per heavy atom. The molecule has 1 aliphatic rings. The van der Waals surface area contributed by atoms with E-state index in [1.54, 1.807) is 24.5 Å². The van der Waals surface area contributed by atoms with E-state index in [0.717, 1.165) is 18.7 Å². The number of morpholine rings is 1. The first-order valence-corrected chi connectivity index (χ1v) is 11.6. The number of thioether (sulfide) groups is 1. The first-order valence-electron chi connectivity index (χ1n) is 10.6. The number of carbonyl (C=O) groups is 1. The maximum Gasteiger partial charge on any atom is 0.230 e. The van der Waals surface area contributed by atoms with Crippen molar-refractivity contribution >= 4 is 17.7 Å². The molecule has 2 aromatic heterocycles. The monoisotopic (exact) mass is 459 g/mol. The van der Waals surface area contributed by atoms with Crippen LogP contribution in [0.1, 0.15) is 18.5 Å². The van der Waals surface area contributed by atoms with E-state index < -0.39 is 0 Å². The molecule has 1 amide bonds. The van der Waals surface area contributed by atoms with Crippen molar-refractivity contribution in [2.75, 3.05) is 38.6 Å². The quantitative estimate of drug-likeness (QED) is 0.493. The van der Waals surface area contributed by atoms with E-state index in [2.05, 4.69) is 20.4 Å². The van der Waals surface area contributed by atoms with E-state index in [1.165, 1.54) is 23.9 Å². The predicted molar refractivity (Wildman–Crippen MR) is 119 cm³/mol. The number of hydrogen-bond acceptors (Lipinski definition) is 7. The van der Waals surface area contributed by atoms with Crippen molar-refractivity contribution in [2.24, 2.45) is 0 Å². The summed E-state index contributed by atoms with van der Waals surface area (Å²) in [6.07, 6.45) is 1.59. The minimum Gasteiger partial charge on any atom is -0.461 e. The van der Waals surface area contributed by atoms with E-state index in [4.69, 9.17) is 9.15 Å². The molecular formula is C22H26FN5O3S. The van der Waals surface area contributed by atoms with E-state index in [0.29, 0.717) is 43.0 Å². The SMILES string of the molecule is CCn1c(SCC(=O)NCC(c2ccc(F)cc2)N2CCOCC2)nnc1-c1ccco1. The molecule has 1 saturated heterocycles. The summed E-state index contributed by atoms with van der Waals surface area (Å²) in [7, 11) is 0. The third kappa shape index (κ3) is 5.37. The lowest BCUT2D eigenvalue weighted by Gasteiger charge is -2.35. The second kappa shape index (κ2) is 10.8. The number of nitrogens with zero attached hydrogens (tertiary/aromatic N) is 4. The topological polar surface area (TPSA) is 85.4 Å². The maximum atomic E-state index is 13.4. The summed E-state index contributed by atoms with van der Waals surface area (Å²) in [4.78, 5) is 14.9. The smallest absolute Gasteiger partial charge is 0.230 e. The number of benzene rings is 1. The number of furan rings is 1. The molecule has 3 aromatic rings. The van der Waals surface area contributed by atoms with E-state index >= 15 is 0 Å². The van der Waals surface area contributed by atoms with Crippen LogP contribution in [0.3, 0.4) is 0 Å². The average molecular weight is 460 g/mol. The lowest BCUT2D eigenvalue weighted by molar-refractivity contribution is -0.118. The van der Waals surface area contributed by atoms with Crippen LogP contribution in [0.25, 0.3) is 11.6 Å². The van der Waals surface area contributed by atoms with Crippen LogP contribution >= 0.6 is 11.8 Å². The lowest BCUT2D eigenvalue weighted by atomic mass is 10.0. The van der Waals surface area contributed by atoms with Crippen molar-refractivity contribution in [3.8, 4) is 11.6 Å². The van der Waals surface area contributed by atoms with Crippen molar-refractivity contribution in [1.82, 2.24) is 25.0 Å². The third-order valence-corrected chi connectivity index (χ3v) is 6.31. The normalized spacial score (nSPS) is 15.6. The molecule has 32 heavy (non-hydrogen) atoms. The number of aromatic nitrogens is 3. The first kappa shape index (κ1) is 22.5. The van der Waals surface area contributed by atoms with E-state index in [1.807, 2.05) is 17.6 Å². The number of carbonyl (C=O) groups excluding carboxylic acids is 1. The molecule has 1 fully saturated rings. The third-order valence-electron chi connectivity index (χ3n) is 5.34. The Morgan fingerprint density at radius 1 is 1.22 bits per heavy atom. The molecule has 1 unspecified atom stereocenters. The van der Waals surface area contributed by atoms with E-state index in [9.17, 15) is 9.18 Å². The Morgan fingerprint density at radius 2 is 2.00 bits per heavy atom. The van der Waals surface area contributed by atoms with Gasteiger partial charge < -0.3 is 14.5 Å². The number of nitrogens with one attached hydrogen (secondary N) is 1. The van der Waals surface area contributed by atoms with Crippen LogP contribution in [0.2, 0.25) is 0 Å². The number of halogens is 1. The second-order valence-electron chi connectivity index (χ2n) is 7.34. The molecule has 1 N–H and O–H groups in total. The second-order valence-corrected chi connectivity index (χ2v) is 8.28. The molecule has 0 aliphatic carbocycles. The van der Waals surface area contributed by atoms with Crippen LogP contribution in [0.5, 0.6) is 0 Å². The summed E-state index contributed by atoms with van der Waals surface area (Å²) >= 11 is 1.34. The van der Waals surface area contributed by atoms with Crippen LogP contribution in [0, 0.1) is 5.82 Å². The molecule has 0 saturated carbocycles. The minimum atomic E-state index is -0.274. The van der Waals surface area contributed by atoms with Crippen LogP contribution in [-0.4, -0.2) is 64.2 Å². The van der Waals surface area contributed by atoms with Crippen LogP contribution in [0.4, 0.5) is 4.39 Å². The Kier molecular flexibility index (Phi) is 7.56. The van der Waals surface area contributed by atoms with Crippen molar-refractivity contribution in [2.45, 2.75) is 24.7 Å². The first-order chi connectivity index (χ1) is 15.7. The molecule has 4 rings (SSSR count). The summed E-state index contributed by atoms with van der Waals surface area (Å²) in [6, 6.07) is 10.0. The fourth-order valence-electron chi connectivity index (χ4n) is 3.69. The number of hydrogen-bond donors (Lipinski definition) is 1. The van der Waals surface area contributed by atoms with Crippen LogP contribution in [-0.2, 0) is 16.1 Å². The molecule has 8 nitrogen and oxygen atoms in total. The number of ether oxygens (including phenoxy) is 1. The van der Waals surface area contributed by atoms with Gasteiger partial charge in [0.15, 0.2) is 16.7 Å². The van der Waals surface area contributed by atoms with Crippen LogP contribution < -0.4 is 5.32 Å². The Balaban J connectivity index is 1.37. The molecule has 1 atom stereocenters. The van der Waals surface area contributed by atoms with Gasteiger partial charge >= 0.3 is 0 Å². The van der Waals surface area contributed by atoms with Crippen molar-refractivity contribution in [3.05, 3.63) is 54.0 Å². The zero-order valence-electron chi connectivity index (χ0n) is 17.9. The average Bonchev–Trinajstić information content (AvgIpc) is 3.49. The molecule has 0 radical (unpaired) electrons. The molecule has 1 aliphatic heterocycles. The van der Waals surface area contributed by atoms with Gasteiger partial charge in [-0.1, -0.05) is 23.9 Å². The largest absolute Gasteiger partial charge is 0.461 e. The molecule has 3 heterocycles. The lowest BCUT2D eigenvalue weighted by Crippen LogP contribution is -2.44. The minimum absolute atomic E-state index is 0.0432. The predicted octanol–water partition coefficient (Wildman–Crippen LogP) is 2.98. The fraction of sp³-hybridized carbons (Fsp3) is 0.409. The summed E-state index contributed by atoms with van der Waals surface area (Å²) in [5.41, 5.74) is 0.968. The van der Waals surface area contributed by atoms with Gasteiger partial charge in [-0.05, 0) is 36.8 Å². The molecule has 0 spiro atoms. The van der Waals surface area contributed by atoms with Gasteiger partial charge in [0.05, 0.1) is 31.3 Å². The summed E-state index contributed by atoms with van der Waals surface area (Å²) in [5.74, 6) is 1.13. The van der Waals surface area contributed by atoms with Gasteiger partial charge in [0.2, 0.25) is 5.91 Å². The highest BCUT2D eigenvalue weighted by atomic mass is 32.2. The zero-order valence-corrected chi connectivity index (χ0v) is 18.7. The van der Waals surface area contributed by atoms with Gasteiger partial charge in [-0.25, -0.2) is 4.39 Å². The Labute approximate surface area is 190 Å². The molecule has 10 heteroatoms. The van der Waals surface area contributed by atoms with Gasteiger partial charge in [0, 0.05) is 26.2 Å².